The molecule has 2 rings (SSSR count). The Balaban J connectivity index is 2.29. The van der Waals surface area contributed by atoms with Crippen LogP contribution in [-0.4, -0.2) is 6.54 Å². The Morgan fingerprint density at radius 2 is 1.95 bits per heavy atom. The number of rotatable bonds is 4. The van der Waals surface area contributed by atoms with Gasteiger partial charge in [0.25, 0.3) is 0 Å². The summed E-state index contributed by atoms with van der Waals surface area (Å²) >= 11 is 3.11. The molecule has 0 aliphatic rings. The van der Waals surface area contributed by atoms with Crippen molar-refractivity contribution in [3.63, 3.8) is 0 Å². The zero-order valence-corrected chi connectivity index (χ0v) is 12.5. The third kappa shape index (κ3) is 3.35. The van der Waals surface area contributed by atoms with E-state index in [1.54, 1.807) is 12.1 Å². The van der Waals surface area contributed by atoms with Crippen molar-refractivity contribution in [3.8, 4) is 11.5 Å². The van der Waals surface area contributed by atoms with Gasteiger partial charge in [-0.25, -0.2) is 4.39 Å². The third-order valence-corrected chi connectivity index (χ3v) is 3.37. The minimum Gasteiger partial charge on any atom is -0.454 e. The maximum absolute atomic E-state index is 13.6. The normalized spacial score (nSPS) is 10.7. The lowest BCUT2D eigenvalue weighted by Gasteiger charge is -2.11. The van der Waals surface area contributed by atoms with E-state index in [1.807, 2.05) is 13.0 Å². The first-order chi connectivity index (χ1) is 9.51. The summed E-state index contributed by atoms with van der Waals surface area (Å²) in [6, 6.07) is 7.82. The Labute approximate surface area is 124 Å². The summed E-state index contributed by atoms with van der Waals surface area (Å²) in [5.41, 5.74) is 7.63. The number of halogens is 3. The Morgan fingerprint density at radius 3 is 2.60 bits per heavy atom. The molecule has 0 aliphatic heterocycles. The van der Waals surface area contributed by atoms with Gasteiger partial charge in [-0.2, -0.15) is 4.39 Å². The van der Waals surface area contributed by atoms with Gasteiger partial charge < -0.3 is 10.5 Å². The Morgan fingerprint density at radius 1 is 1.20 bits per heavy atom. The smallest absolute Gasteiger partial charge is 0.201 e. The van der Waals surface area contributed by atoms with E-state index in [4.69, 9.17) is 10.5 Å². The molecule has 0 saturated carbocycles. The van der Waals surface area contributed by atoms with E-state index in [-0.39, 0.29) is 5.75 Å². The van der Waals surface area contributed by atoms with Gasteiger partial charge in [-0.3, -0.25) is 0 Å². The van der Waals surface area contributed by atoms with Crippen molar-refractivity contribution in [1.29, 1.82) is 0 Å². The van der Waals surface area contributed by atoms with Gasteiger partial charge in [0, 0.05) is 4.47 Å². The summed E-state index contributed by atoms with van der Waals surface area (Å²) in [6.45, 7) is 2.49. The number of ether oxygens (including phenoxy) is 1. The van der Waals surface area contributed by atoms with Crippen molar-refractivity contribution in [2.75, 3.05) is 6.54 Å². The predicted molar refractivity (Wildman–Crippen MR) is 78.1 cm³/mol. The van der Waals surface area contributed by atoms with Crippen molar-refractivity contribution < 1.29 is 13.5 Å². The van der Waals surface area contributed by atoms with Crippen molar-refractivity contribution in [2.45, 2.75) is 13.3 Å². The van der Waals surface area contributed by atoms with Crippen LogP contribution in [0.2, 0.25) is 0 Å². The molecule has 0 unspecified atom stereocenters. The third-order valence-electron chi connectivity index (χ3n) is 2.92. The highest BCUT2D eigenvalue weighted by molar-refractivity contribution is 9.10. The van der Waals surface area contributed by atoms with Crippen LogP contribution in [0.25, 0.3) is 0 Å². The first kappa shape index (κ1) is 14.9. The Bertz CT molecular complexity index is 632. The second kappa shape index (κ2) is 6.33. The molecule has 5 heteroatoms. The maximum atomic E-state index is 13.6. The molecular formula is C15H14BrF2NO. The van der Waals surface area contributed by atoms with E-state index in [0.29, 0.717) is 16.8 Å². The highest BCUT2D eigenvalue weighted by Gasteiger charge is 2.12. The van der Waals surface area contributed by atoms with Gasteiger partial charge in [-0.1, -0.05) is 22.0 Å². The average Bonchev–Trinajstić information content (AvgIpc) is 2.39. The van der Waals surface area contributed by atoms with Crippen LogP contribution in [0, 0.1) is 18.6 Å². The molecule has 20 heavy (non-hydrogen) atoms. The van der Waals surface area contributed by atoms with Crippen LogP contribution in [-0.2, 0) is 6.42 Å². The van der Waals surface area contributed by atoms with E-state index in [9.17, 15) is 8.78 Å². The molecule has 106 valence electrons. The molecule has 0 aliphatic carbocycles. The lowest BCUT2D eigenvalue weighted by Crippen LogP contribution is -2.04. The number of benzene rings is 2. The topological polar surface area (TPSA) is 35.2 Å². The van der Waals surface area contributed by atoms with Crippen molar-refractivity contribution in [2.24, 2.45) is 5.73 Å². The van der Waals surface area contributed by atoms with E-state index < -0.39 is 11.6 Å². The fraction of sp³-hybridized carbons (Fsp3) is 0.200. The summed E-state index contributed by atoms with van der Waals surface area (Å²) in [5.74, 6) is -1.65. The monoisotopic (exact) mass is 341 g/mol. The maximum Gasteiger partial charge on any atom is 0.201 e. The quantitative estimate of drug-likeness (QED) is 0.840. The molecule has 0 heterocycles. The average molecular weight is 342 g/mol. The number of nitrogens with two attached hydrogens (primary N) is 1. The molecule has 0 bridgehead atoms. The molecule has 0 fully saturated rings. The lowest BCUT2D eigenvalue weighted by molar-refractivity contribution is 0.415. The largest absolute Gasteiger partial charge is 0.454 e. The van der Waals surface area contributed by atoms with Crippen LogP contribution < -0.4 is 10.5 Å². The number of aryl methyl sites for hydroxylation is 1. The molecule has 2 aromatic rings. The van der Waals surface area contributed by atoms with E-state index in [0.717, 1.165) is 23.6 Å². The Kier molecular flexibility index (Phi) is 4.73. The van der Waals surface area contributed by atoms with Gasteiger partial charge in [0.15, 0.2) is 11.6 Å². The van der Waals surface area contributed by atoms with E-state index in [1.165, 1.54) is 6.07 Å². The van der Waals surface area contributed by atoms with Gasteiger partial charge in [0.1, 0.15) is 5.75 Å². The van der Waals surface area contributed by atoms with Crippen molar-refractivity contribution in [3.05, 3.63) is 57.6 Å². The highest BCUT2D eigenvalue weighted by atomic mass is 79.9. The summed E-state index contributed by atoms with van der Waals surface area (Å²) in [5, 5.41) is 0. The minimum atomic E-state index is -1.00. The lowest BCUT2D eigenvalue weighted by atomic mass is 10.1. The van der Waals surface area contributed by atoms with Gasteiger partial charge in [0.05, 0.1) is 0 Å². The van der Waals surface area contributed by atoms with Gasteiger partial charge >= 0.3 is 0 Å². The molecule has 0 spiro atoms. The van der Waals surface area contributed by atoms with Crippen LogP contribution >= 0.6 is 15.9 Å². The van der Waals surface area contributed by atoms with Gasteiger partial charge in [-0.15, -0.1) is 0 Å². The molecule has 2 N–H and O–H groups in total. The molecule has 2 nitrogen and oxygen atoms in total. The first-order valence-electron chi connectivity index (χ1n) is 6.13. The van der Waals surface area contributed by atoms with Crippen LogP contribution in [0.5, 0.6) is 11.5 Å². The molecule has 2 aromatic carbocycles. The first-order valence-corrected chi connectivity index (χ1v) is 6.92. The highest BCUT2D eigenvalue weighted by Crippen LogP contribution is 2.30. The second-order valence-electron chi connectivity index (χ2n) is 4.43. The standard InChI is InChI=1S/C15H14BrF2NO/c1-9-6-12(3-2-10(9)4-5-19)20-14-8-11(16)7-13(17)15(14)18/h2-3,6-8H,4-5,19H2,1H3. The molecule has 0 atom stereocenters. The zero-order valence-electron chi connectivity index (χ0n) is 10.9. The Hall–Kier alpha value is -1.46. The molecular weight excluding hydrogens is 328 g/mol. The molecule has 0 amide bonds. The van der Waals surface area contributed by atoms with Gasteiger partial charge in [0.2, 0.25) is 5.82 Å². The second-order valence-corrected chi connectivity index (χ2v) is 5.34. The summed E-state index contributed by atoms with van der Waals surface area (Å²) in [6.07, 6.45) is 0.770. The van der Waals surface area contributed by atoms with E-state index in [2.05, 4.69) is 15.9 Å². The van der Waals surface area contributed by atoms with Crippen molar-refractivity contribution in [1.82, 2.24) is 0 Å². The SMILES string of the molecule is Cc1cc(Oc2cc(Br)cc(F)c2F)ccc1CCN. The zero-order chi connectivity index (χ0) is 14.7. The van der Waals surface area contributed by atoms with Crippen LogP contribution in [0.1, 0.15) is 11.1 Å². The minimum absolute atomic E-state index is 0.150. The summed E-state index contributed by atoms with van der Waals surface area (Å²) in [4.78, 5) is 0. The number of hydrogen-bond acceptors (Lipinski definition) is 2. The van der Waals surface area contributed by atoms with E-state index >= 15 is 0 Å². The van der Waals surface area contributed by atoms with Crippen LogP contribution in [0.4, 0.5) is 8.78 Å². The summed E-state index contributed by atoms with van der Waals surface area (Å²) in [7, 11) is 0. The van der Waals surface area contributed by atoms with Crippen LogP contribution in [0.3, 0.4) is 0 Å². The van der Waals surface area contributed by atoms with Crippen LogP contribution in [0.15, 0.2) is 34.8 Å². The summed E-state index contributed by atoms with van der Waals surface area (Å²) < 4.78 is 32.7. The van der Waals surface area contributed by atoms with Crippen molar-refractivity contribution >= 4 is 15.9 Å². The molecule has 0 radical (unpaired) electrons. The fourth-order valence-corrected chi connectivity index (χ4v) is 2.31. The molecule has 0 saturated heterocycles. The molecule has 0 aromatic heterocycles. The van der Waals surface area contributed by atoms with Gasteiger partial charge in [-0.05, 0) is 55.3 Å². The number of hydrogen-bond donors (Lipinski definition) is 1. The fourth-order valence-electron chi connectivity index (χ4n) is 1.90. The predicted octanol–water partition coefficient (Wildman–Crippen LogP) is 4.33.